The lowest BCUT2D eigenvalue weighted by atomic mass is 10.1. The standard InChI is InChI=1S/C12H9F2NO3/c13-12(14)18-9-4-3-7(15)6-8(9)11(16)10-2-1-5-17-10/h1-6,12H,15H2. The highest BCUT2D eigenvalue weighted by Crippen LogP contribution is 2.26. The highest BCUT2D eigenvalue weighted by molar-refractivity contribution is 6.09. The Morgan fingerprint density at radius 2 is 2.11 bits per heavy atom. The SMILES string of the molecule is Nc1ccc(OC(F)F)c(C(=O)c2ccco2)c1. The van der Waals surface area contributed by atoms with Crippen molar-refractivity contribution in [1.82, 2.24) is 0 Å². The van der Waals surface area contributed by atoms with E-state index in [9.17, 15) is 13.6 Å². The Kier molecular flexibility index (Phi) is 3.27. The van der Waals surface area contributed by atoms with Crippen LogP contribution in [0.1, 0.15) is 16.1 Å². The zero-order valence-corrected chi connectivity index (χ0v) is 9.10. The molecule has 0 radical (unpaired) electrons. The third kappa shape index (κ3) is 2.48. The molecule has 0 aliphatic rings. The number of benzene rings is 1. The van der Waals surface area contributed by atoms with Crippen molar-refractivity contribution in [3.05, 3.63) is 47.9 Å². The quantitative estimate of drug-likeness (QED) is 0.672. The number of nitrogen functional groups attached to an aromatic ring is 1. The normalized spacial score (nSPS) is 10.6. The van der Waals surface area contributed by atoms with Crippen LogP contribution in [0.2, 0.25) is 0 Å². The number of hydrogen-bond donors (Lipinski definition) is 1. The Morgan fingerprint density at radius 1 is 1.33 bits per heavy atom. The molecule has 0 bridgehead atoms. The van der Waals surface area contributed by atoms with Gasteiger partial charge < -0.3 is 14.9 Å². The van der Waals surface area contributed by atoms with Crippen molar-refractivity contribution in [3.63, 3.8) is 0 Å². The predicted molar refractivity (Wildman–Crippen MR) is 59.6 cm³/mol. The summed E-state index contributed by atoms with van der Waals surface area (Å²) >= 11 is 0. The summed E-state index contributed by atoms with van der Waals surface area (Å²) in [5, 5.41) is 0. The van der Waals surface area contributed by atoms with Crippen molar-refractivity contribution in [1.29, 1.82) is 0 Å². The lowest BCUT2D eigenvalue weighted by Crippen LogP contribution is -2.09. The van der Waals surface area contributed by atoms with Crippen LogP contribution in [0.5, 0.6) is 5.75 Å². The summed E-state index contributed by atoms with van der Waals surface area (Å²) in [5.41, 5.74) is 5.73. The fraction of sp³-hybridized carbons (Fsp3) is 0.0833. The zero-order chi connectivity index (χ0) is 13.1. The number of ketones is 1. The monoisotopic (exact) mass is 253 g/mol. The van der Waals surface area contributed by atoms with Gasteiger partial charge in [-0.3, -0.25) is 4.79 Å². The molecule has 0 saturated heterocycles. The molecule has 0 spiro atoms. The first-order valence-corrected chi connectivity index (χ1v) is 5.00. The first kappa shape index (κ1) is 12.1. The van der Waals surface area contributed by atoms with Crippen molar-refractivity contribution in [2.24, 2.45) is 0 Å². The van der Waals surface area contributed by atoms with Crippen LogP contribution < -0.4 is 10.5 Å². The van der Waals surface area contributed by atoms with E-state index in [4.69, 9.17) is 10.2 Å². The van der Waals surface area contributed by atoms with Gasteiger partial charge in [-0.1, -0.05) is 0 Å². The molecule has 2 N–H and O–H groups in total. The van der Waals surface area contributed by atoms with E-state index in [0.717, 1.165) is 0 Å². The molecule has 0 saturated carbocycles. The molecule has 0 atom stereocenters. The van der Waals surface area contributed by atoms with E-state index in [-0.39, 0.29) is 22.8 Å². The summed E-state index contributed by atoms with van der Waals surface area (Å²) in [6.45, 7) is -3.02. The van der Waals surface area contributed by atoms with Crippen molar-refractivity contribution in [2.45, 2.75) is 6.61 Å². The molecule has 2 rings (SSSR count). The molecule has 6 heteroatoms. The number of ether oxygens (including phenoxy) is 1. The first-order valence-electron chi connectivity index (χ1n) is 5.00. The summed E-state index contributed by atoms with van der Waals surface area (Å²) in [5.74, 6) is -0.775. The summed E-state index contributed by atoms with van der Waals surface area (Å²) in [4.78, 5) is 12.0. The van der Waals surface area contributed by atoms with E-state index in [2.05, 4.69) is 4.74 Å². The smallest absolute Gasteiger partial charge is 0.387 e. The van der Waals surface area contributed by atoms with Crippen LogP contribution >= 0.6 is 0 Å². The second-order valence-electron chi connectivity index (χ2n) is 3.44. The van der Waals surface area contributed by atoms with Gasteiger partial charge in [0.2, 0.25) is 5.78 Å². The number of furan rings is 1. The maximum atomic E-state index is 12.2. The predicted octanol–water partition coefficient (Wildman–Crippen LogP) is 2.69. The van der Waals surface area contributed by atoms with Crippen LogP contribution in [0, 0.1) is 0 Å². The molecular formula is C12H9F2NO3. The number of halogens is 2. The van der Waals surface area contributed by atoms with Crippen molar-refractivity contribution >= 4 is 11.5 Å². The van der Waals surface area contributed by atoms with Gasteiger partial charge >= 0.3 is 6.61 Å². The molecule has 1 heterocycles. The van der Waals surface area contributed by atoms with E-state index >= 15 is 0 Å². The Labute approximate surface area is 101 Å². The molecule has 18 heavy (non-hydrogen) atoms. The van der Waals surface area contributed by atoms with Gasteiger partial charge in [-0.15, -0.1) is 0 Å². The molecule has 1 aromatic heterocycles. The van der Waals surface area contributed by atoms with E-state index < -0.39 is 12.4 Å². The second kappa shape index (κ2) is 4.87. The maximum absolute atomic E-state index is 12.2. The van der Waals surface area contributed by atoms with E-state index in [1.807, 2.05) is 0 Å². The van der Waals surface area contributed by atoms with Gasteiger partial charge in [0.15, 0.2) is 5.76 Å². The molecule has 94 valence electrons. The van der Waals surface area contributed by atoms with Crippen molar-refractivity contribution < 1.29 is 22.7 Å². The lowest BCUT2D eigenvalue weighted by molar-refractivity contribution is -0.0501. The topological polar surface area (TPSA) is 65.5 Å². The van der Waals surface area contributed by atoms with E-state index in [1.165, 1.54) is 36.6 Å². The number of carbonyl (C=O) groups excluding carboxylic acids is 1. The maximum Gasteiger partial charge on any atom is 0.387 e. The lowest BCUT2D eigenvalue weighted by Gasteiger charge is -2.09. The number of anilines is 1. The summed E-state index contributed by atoms with van der Waals surface area (Å²) in [7, 11) is 0. The fourth-order valence-corrected chi connectivity index (χ4v) is 1.46. The minimum absolute atomic E-state index is 0.0275. The number of nitrogens with two attached hydrogens (primary N) is 1. The molecule has 0 aliphatic carbocycles. The number of hydrogen-bond acceptors (Lipinski definition) is 4. The van der Waals surface area contributed by atoms with Gasteiger partial charge in [-0.05, 0) is 30.3 Å². The van der Waals surface area contributed by atoms with Crippen molar-refractivity contribution in [3.8, 4) is 5.75 Å². The highest BCUT2D eigenvalue weighted by Gasteiger charge is 2.19. The van der Waals surface area contributed by atoms with Gasteiger partial charge in [-0.25, -0.2) is 0 Å². The van der Waals surface area contributed by atoms with Gasteiger partial charge in [-0.2, -0.15) is 8.78 Å². The number of alkyl halides is 2. The molecule has 0 unspecified atom stereocenters. The summed E-state index contributed by atoms with van der Waals surface area (Å²) in [6.07, 6.45) is 1.31. The molecular weight excluding hydrogens is 244 g/mol. The van der Waals surface area contributed by atoms with E-state index in [1.54, 1.807) is 0 Å². The molecule has 0 aliphatic heterocycles. The number of rotatable bonds is 4. The third-order valence-corrected chi connectivity index (χ3v) is 2.21. The average molecular weight is 253 g/mol. The minimum Gasteiger partial charge on any atom is -0.461 e. The average Bonchev–Trinajstić information content (AvgIpc) is 2.83. The zero-order valence-electron chi connectivity index (χ0n) is 9.10. The van der Waals surface area contributed by atoms with Crippen LogP contribution in [0.15, 0.2) is 41.0 Å². The van der Waals surface area contributed by atoms with Crippen LogP contribution in [0.3, 0.4) is 0 Å². The van der Waals surface area contributed by atoms with Crippen LogP contribution in [-0.4, -0.2) is 12.4 Å². The summed E-state index contributed by atoms with van der Waals surface area (Å²) in [6, 6.07) is 6.81. The highest BCUT2D eigenvalue weighted by atomic mass is 19.3. The molecule has 4 nitrogen and oxygen atoms in total. The van der Waals surface area contributed by atoms with Crippen LogP contribution in [-0.2, 0) is 0 Å². The van der Waals surface area contributed by atoms with E-state index in [0.29, 0.717) is 0 Å². The fourth-order valence-electron chi connectivity index (χ4n) is 1.46. The largest absolute Gasteiger partial charge is 0.461 e. The Balaban J connectivity index is 2.41. The van der Waals surface area contributed by atoms with Gasteiger partial charge in [0.25, 0.3) is 0 Å². The van der Waals surface area contributed by atoms with Gasteiger partial charge in [0, 0.05) is 5.69 Å². The summed E-state index contributed by atoms with van der Waals surface area (Å²) < 4.78 is 33.6. The van der Waals surface area contributed by atoms with Gasteiger partial charge in [0.1, 0.15) is 5.75 Å². The molecule has 0 amide bonds. The third-order valence-electron chi connectivity index (χ3n) is 2.21. The second-order valence-corrected chi connectivity index (χ2v) is 3.44. The number of carbonyl (C=O) groups is 1. The molecule has 2 aromatic rings. The van der Waals surface area contributed by atoms with Gasteiger partial charge in [0.05, 0.1) is 11.8 Å². The van der Waals surface area contributed by atoms with Crippen LogP contribution in [0.25, 0.3) is 0 Å². The molecule has 0 fully saturated rings. The first-order chi connectivity index (χ1) is 8.58. The van der Waals surface area contributed by atoms with Crippen molar-refractivity contribution in [2.75, 3.05) is 5.73 Å². The van der Waals surface area contributed by atoms with Crippen LogP contribution in [0.4, 0.5) is 14.5 Å². The molecule has 1 aromatic carbocycles. The Hall–Kier alpha value is -2.37. The Bertz CT molecular complexity index is 552. The Morgan fingerprint density at radius 3 is 2.72 bits per heavy atom. The minimum atomic E-state index is -3.02.